The molecule has 4 rings (SSSR count). The molecule has 0 atom stereocenters. The minimum atomic E-state index is -3.45. The molecular formula is C20H19N3O4S3. The number of ether oxygens (including phenoxy) is 1. The van der Waals surface area contributed by atoms with Crippen LogP contribution in [-0.2, 0) is 14.6 Å². The first-order valence-electron chi connectivity index (χ1n) is 9.19. The van der Waals surface area contributed by atoms with Crippen LogP contribution in [0.2, 0.25) is 0 Å². The monoisotopic (exact) mass is 461 g/mol. The van der Waals surface area contributed by atoms with Gasteiger partial charge in [0.1, 0.15) is 11.3 Å². The van der Waals surface area contributed by atoms with Crippen LogP contribution in [0, 0.1) is 6.92 Å². The standard InChI is InChI=1S/C20H19N3O4S3/c1-12-21-18-16(28-12)10-9-15-19(18)29-20(22-15)23-17(24)4-3-11-30(25,26)14-7-5-13(27-2)6-8-14/h5-10H,3-4,11H2,1-2H3,(H,22,23,24). The Morgan fingerprint density at radius 1 is 1.10 bits per heavy atom. The summed E-state index contributed by atoms with van der Waals surface area (Å²) in [4.78, 5) is 21.5. The van der Waals surface area contributed by atoms with Crippen LogP contribution in [0.3, 0.4) is 0 Å². The van der Waals surface area contributed by atoms with Gasteiger partial charge >= 0.3 is 0 Å². The minimum Gasteiger partial charge on any atom is -0.497 e. The molecule has 2 heterocycles. The molecule has 30 heavy (non-hydrogen) atoms. The van der Waals surface area contributed by atoms with Crippen molar-refractivity contribution in [3.63, 3.8) is 0 Å². The van der Waals surface area contributed by atoms with Gasteiger partial charge in [-0.2, -0.15) is 0 Å². The number of hydrogen-bond acceptors (Lipinski definition) is 8. The number of nitrogens with one attached hydrogen (secondary N) is 1. The van der Waals surface area contributed by atoms with Gasteiger partial charge in [-0.25, -0.2) is 18.4 Å². The molecule has 10 heteroatoms. The number of sulfone groups is 1. The lowest BCUT2D eigenvalue weighted by Crippen LogP contribution is -2.14. The number of hydrogen-bond donors (Lipinski definition) is 1. The summed E-state index contributed by atoms with van der Waals surface area (Å²) in [6, 6.07) is 10.1. The topological polar surface area (TPSA) is 98.2 Å². The molecule has 0 aliphatic heterocycles. The van der Waals surface area contributed by atoms with Crippen molar-refractivity contribution in [3.8, 4) is 5.75 Å². The highest BCUT2D eigenvalue weighted by Gasteiger charge is 2.16. The fourth-order valence-electron chi connectivity index (χ4n) is 3.05. The van der Waals surface area contributed by atoms with Gasteiger partial charge in [-0.15, -0.1) is 11.3 Å². The molecule has 2 aromatic heterocycles. The molecule has 0 saturated carbocycles. The fraction of sp³-hybridized carbons (Fsp3) is 0.250. The first-order chi connectivity index (χ1) is 14.4. The van der Waals surface area contributed by atoms with Crippen molar-refractivity contribution >= 4 is 64.0 Å². The normalized spacial score (nSPS) is 11.8. The lowest BCUT2D eigenvalue weighted by Gasteiger charge is -2.06. The van der Waals surface area contributed by atoms with Gasteiger partial charge in [0.25, 0.3) is 0 Å². The van der Waals surface area contributed by atoms with Crippen LogP contribution in [0.25, 0.3) is 20.4 Å². The lowest BCUT2D eigenvalue weighted by molar-refractivity contribution is -0.116. The predicted molar refractivity (Wildman–Crippen MR) is 120 cm³/mol. The highest BCUT2D eigenvalue weighted by atomic mass is 32.2. The summed E-state index contributed by atoms with van der Waals surface area (Å²) in [5.74, 6) is 0.227. The molecule has 1 amide bonds. The number of methoxy groups -OCH3 is 1. The third-order valence-electron chi connectivity index (χ3n) is 4.50. The van der Waals surface area contributed by atoms with E-state index < -0.39 is 9.84 Å². The Hall–Kier alpha value is -2.56. The Morgan fingerprint density at radius 2 is 1.87 bits per heavy atom. The summed E-state index contributed by atoms with van der Waals surface area (Å²) in [5.41, 5.74) is 1.69. The quantitative estimate of drug-likeness (QED) is 0.438. The van der Waals surface area contributed by atoms with Gasteiger partial charge in [0.05, 0.1) is 37.7 Å². The van der Waals surface area contributed by atoms with Gasteiger partial charge in [0, 0.05) is 6.42 Å². The molecule has 0 saturated heterocycles. The second kappa shape index (κ2) is 8.29. The number of anilines is 1. The van der Waals surface area contributed by atoms with Crippen LogP contribution in [0.1, 0.15) is 17.8 Å². The number of nitrogens with zero attached hydrogens (tertiary/aromatic N) is 2. The number of aromatic nitrogens is 2. The molecule has 0 spiro atoms. The van der Waals surface area contributed by atoms with Crippen molar-refractivity contribution in [2.45, 2.75) is 24.7 Å². The number of amides is 1. The van der Waals surface area contributed by atoms with Crippen LogP contribution >= 0.6 is 22.7 Å². The van der Waals surface area contributed by atoms with Gasteiger partial charge in [0.2, 0.25) is 5.91 Å². The van der Waals surface area contributed by atoms with E-state index in [0.29, 0.717) is 10.9 Å². The van der Waals surface area contributed by atoms with Gasteiger partial charge in [0.15, 0.2) is 15.0 Å². The highest BCUT2D eigenvalue weighted by Crippen LogP contribution is 2.34. The van der Waals surface area contributed by atoms with E-state index in [-0.39, 0.29) is 29.4 Å². The zero-order valence-corrected chi connectivity index (χ0v) is 18.8. The number of thiazole rings is 2. The van der Waals surface area contributed by atoms with E-state index in [2.05, 4.69) is 15.3 Å². The molecule has 2 aromatic carbocycles. The van der Waals surface area contributed by atoms with Crippen LogP contribution in [-0.4, -0.2) is 37.2 Å². The summed E-state index contributed by atoms with van der Waals surface area (Å²) in [6.45, 7) is 1.96. The summed E-state index contributed by atoms with van der Waals surface area (Å²) in [7, 11) is -1.93. The van der Waals surface area contributed by atoms with Crippen LogP contribution in [0.5, 0.6) is 5.75 Å². The number of fused-ring (bicyclic) bond motifs is 3. The maximum atomic E-state index is 12.4. The summed E-state index contributed by atoms with van der Waals surface area (Å²) in [5, 5.41) is 4.25. The van der Waals surface area contributed by atoms with Gasteiger partial charge < -0.3 is 10.1 Å². The van der Waals surface area contributed by atoms with Crippen LogP contribution < -0.4 is 10.1 Å². The molecule has 0 bridgehead atoms. The second-order valence-electron chi connectivity index (χ2n) is 6.66. The first kappa shape index (κ1) is 20.7. The third-order valence-corrected chi connectivity index (χ3v) is 8.25. The highest BCUT2D eigenvalue weighted by molar-refractivity contribution is 7.91. The Balaban J connectivity index is 1.38. The molecule has 4 aromatic rings. The van der Waals surface area contributed by atoms with Gasteiger partial charge in [-0.1, -0.05) is 11.3 Å². The predicted octanol–water partition coefficient (Wildman–Crippen LogP) is 4.42. The zero-order valence-electron chi connectivity index (χ0n) is 16.3. The molecule has 1 N–H and O–H groups in total. The van der Waals surface area contributed by atoms with Gasteiger partial charge in [-0.3, -0.25) is 4.79 Å². The second-order valence-corrected chi connectivity index (χ2v) is 11.0. The van der Waals surface area contributed by atoms with E-state index in [1.165, 1.54) is 30.6 Å². The molecule has 7 nitrogen and oxygen atoms in total. The molecule has 0 unspecified atom stereocenters. The number of carbonyl (C=O) groups excluding carboxylic acids is 1. The largest absolute Gasteiger partial charge is 0.497 e. The molecule has 156 valence electrons. The van der Waals surface area contributed by atoms with Crippen molar-refractivity contribution in [3.05, 3.63) is 41.4 Å². The van der Waals surface area contributed by atoms with Crippen molar-refractivity contribution in [2.24, 2.45) is 0 Å². The van der Waals surface area contributed by atoms with Crippen molar-refractivity contribution in [1.82, 2.24) is 9.97 Å². The van der Waals surface area contributed by atoms with Crippen molar-refractivity contribution < 1.29 is 17.9 Å². The lowest BCUT2D eigenvalue weighted by atomic mass is 10.3. The summed E-state index contributed by atoms with van der Waals surface area (Å²) < 4.78 is 31.9. The molecular weight excluding hydrogens is 442 g/mol. The average molecular weight is 462 g/mol. The van der Waals surface area contributed by atoms with Crippen molar-refractivity contribution in [1.29, 1.82) is 0 Å². The van der Waals surface area contributed by atoms with Crippen LogP contribution in [0.15, 0.2) is 41.3 Å². The maximum Gasteiger partial charge on any atom is 0.226 e. The Kier molecular flexibility index (Phi) is 5.72. The van der Waals surface area contributed by atoms with E-state index in [4.69, 9.17) is 4.74 Å². The van der Waals surface area contributed by atoms with Crippen LogP contribution in [0.4, 0.5) is 5.13 Å². The van der Waals surface area contributed by atoms with Crippen molar-refractivity contribution in [2.75, 3.05) is 18.2 Å². The number of benzene rings is 2. The minimum absolute atomic E-state index is 0.0938. The van der Waals surface area contributed by atoms with E-state index in [1.54, 1.807) is 23.5 Å². The number of carbonyl (C=O) groups is 1. The van der Waals surface area contributed by atoms with E-state index in [1.807, 2.05) is 19.1 Å². The Morgan fingerprint density at radius 3 is 2.60 bits per heavy atom. The number of rotatable bonds is 7. The summed E-state index contributed by atoms with van der Waals surface area (Å²) in [6.07, 6.45) is 0.317. The third kappa shape index (κ3) is 4.30. The summed E-state index contributed by atoms with van der Waals surface area (Å²) >= 11 is 3.00. The smallest absolute Gasteiger partial charge is 0.226 e. The fourth-order valence-corrected chi connectivity index (χ4v) is 6.23. The molecule has 0 aliphatic rings. The maximum absolute atomic E-state index is 12.4. The van der Waals surface area contributed by atoms with E-state index in [0.717, 1.165) is 25.4 Å². The first-order valence-corrected chi connectivity index (χ1v) is 12.5. The Labute approximate surface area is 181 Å². The van der Waals surface area contributed by atoms with Gasteiger partial charge in [-0.05, 0) is 49.7 Å². The Bertz CT molecular complexity index is 1320. The molecule has 0 radical (unpaired) electrons. The molecule has 0 fully saturated rings. The number of aryl methyl sites for hydroxylation is 1. The molecule has 0 aliphatic carbocycles. The SMILES string of the molecule is COc1ccc(S(=O)(=O)CCCC(=O)Nc2nc3ccc4sc(C)nc4c3s2)cc1. The average Bonchev–Trinajstić information content (AvgIpc) is 3.29. The van der Waals surface area contributed by atoms with E-state index in [9.17, 15) is 13.2 Å². The van der Waals surface area contributed by atoms with E-state index >= 15 is 0 Å². The zero-order chi connectivity index (χ0) is 21.3.